The highest BCUT2D eigenvalue weighted by molar-refractivity contribution is 5.81. The molecule has 1 aliphatic carbocycles. The molecule has 0 fully saturated rings. The SMILES string of the molecule is C.CCC.Cc1cccc(C)c1-c1nc2ccc(C(C)(O)NC3CCCCc4ccccc43)cc2[nH]1.[HH]. The number of aliphatic hydroxyl groups is 1. The molecule has 0 amide bonds. The van der Waals surface area contributed by atoms with Crippen LogP contribution in [0, 0.1) is 13.8 Å². The van der Waals surface area contributed by atoms with Crippen LogP contribution in [0.25, 0.3) is 22.4 Å². The lowest BCUT2D eigenvalue weighted by Gasteiger charge is -2.31. The van der Waals surface area contributed by atoms with Crippen molar-refractivity contribution in [3.8, 4) is 11.4 Å². The molecule has 4 nitrogen and oxygen atoms in total. The van der Waals surface area contributed by atoms with Gasteiger partial charge < -0.3 is 10.1 Å². The second-order valence-corrected chi connectivity index (χ2v) is 10.0. The molecule has 0 radical (unpaired) electrons. The first kappa shape index (κ1) is 27.6. The molecule has 1 heterocycles. The van der Waals surface area contributed by atoms with E-state index in [4.69, 9.17) is 4.98 Å². The Morgan fingerprint density at radius 1 is 1.03 bits per heavy atom. The zero-order valence-electron chi connectivity index (χ0n) is 21.8. The van der Waals surface area contributed by atoms with Gasteiger partial charge in [-0.25, -0.2) is 4.98 Å². The van der Waals surface area contributed by atoms with Crippen molar-refractivity contribution >= 4 is 11.0 Å². The van der Waals surface area contributed by atoms with Gasteiger partial charge in [-0.15, -0.1) is 0 Å². The van der Waals surface area contributed by atoms with Crippen molar-refractivity contribution < 1.29 is 6.53 Å². The molecule has 3 N–H and O–H groups in total. The summed E-state index contributed by atoms with van der Waals surface area (Å²) in [7, 11) is 0. The lowest BCUT2D eigenvalue weighted by Crippen LogP contribution is -2.41. The third kappa shape index (κ3) is 5.88. The average Bonchev–Trinajstić information content (AvgIpc) is 3.14. The van der Waals surface area contributed by atoms with E-state index in [1.54, 1.807) is 0 Å². The van der Waals surface area contributed by atoms with Crippen molar-refractivity contribution in [2.45, 2.75) is 85.9 Å². The normalized spacial score (nSPS) is 16.7. The van der Waals surface area contributed by atoms with Crippen LogP contribution in [0.4, 0.5) is 0 Å². The molecule has 4 aromatic rings. The highest BCUT2D eigenvalue weighted by atomic mass is 16.3. The van der Waals surface area contributed by atoms with Gasteiger partial charge in [0, 0.05) is 18.6 Å². The summed E-state index contributed by atoms with van der Waals surface area (Å²) in [5.74, 6) is 0.873. The molecule has 0 aliphatic heterocycles. The highest BCUT2D eigenvalue weighted by Crippen LogP contribution is 2.33. The molecule has 1 aromatic heterocycles. The first-order chi connectivity index (χ1) is 16.8. The Morgan fingerprint density at radius 2 is 1.72 bits per heavy atom. The number of nitrogens with zero attached hydrogens (tertiary/aromatic N) is 1. The number of benzene rings is 3. The molecule has 0 saturated heterocycles. The van der Waals surface area contributed by atoms with Crippen molar-refractivity contribution in [2.24, 2.45) is 0 Å². The van der Waals surface area contributed by atoms with Gasteiger partial charge >= 0.3 is 0 Å². The van der Waals surface area contributed by atoms with Crippen molar-refractivity contribution in [2.75, 3.05) is 0 Å². The van der Waals surface area contributed by atoms with Gasteiger partial charge in [-0.05, 0) is 74.4 Å². The van der Waals surface area contributed by atoms with Gasteiger partial charge in [0.25, 0.3) is 0 Å². The van der Waals surface area contributed by atoms with Crippen LogP contribution >= 0.6 is 0 Å². The predicted molar refractivity (Wildman–Crippen MR) is 155 cm³/mol. The molecule has 194 valence electrons. The number of rotatable bonds is 4. The standard InChI is InChI=1S/C28H31N3O.C3H8.CH4.H2/c1-18-9-8-10-19(2)26(18)27-29-24-16-15-21(17-25(24)30-27)28(3,32)31-23-14-7-5-12-20-11-4-6-13-22(20)23;1-3-2;;/h4,6,8-11,13,15-17,23,31-32H,5,7,12,14H2,1-3H3,(H,29,30);3H2,1-2H3;1H4;1H. The van der Waals surface area contributed by atoms with E-state index in [9.17, 15) is 5.11 Å². The summed E-state index contributed by atoms with van der Waals surface area (Å²) in [5.41, 5.74) is 7.76. The summed E-state index contributed by atoms with van der Waals surface area (Å²) in [4.78, 5) is 8.31. The van der Waals surface area contributed by atoms with Gasteiger partial charge in [0.05, 0.1) is 11.0 Å². The van der Waals surface area contributed by atoms with Crippen molar-refractivity contribution in [1.82, 2.24) is 15.3 Å². The van der Waals surface area contributed by atoms with Gasteiger partial charge in [0.15, 0.2) is 0 Å². The number of H-pyrrole nitrogens is 1. The summed E-state index contributed by atoms with van der Waals surface area (Å²) in [6.45, 7) is 10.3. The summed E-state index contributed by atoms with van der Waals surface area (Å²) in [6.07, 6.45) is 5.73. The average molecular weight is 488 g/mol. The number of nitrogens with one attached hydrogen (secondary N) is 2. The van der Waals surface area contributed by atoms with E-state index in [0.717, 1.165) is 47.2 Å². The number of aromatic nitrogens is 2. The van der Waals surface area contributed by atoms with E-state index < -0.39 is 5.72 Å². The van der Waals surface area contributed by atoms with Crippen LogP contribution in [0.5, 0.6) is 0 Å². The van der Waals surface area contributed by atoms with E-state index in [2.05, 4.69) is 80.5 Å². The van der Waals surface area contributed by atoms with E-state index in [-0.39, 0.29) is 14.9 Å². The van der Waals surface area contributed by atoms with Crippen LogP contribution < -0.4 is 5.32 Å². The quantitative estimate of drug-likeness (QED) is 0.200. The Hall–Kier alpha value is -2.95. The molecule has 0 spiro atoms. The van der Waals surface area contributed by atoms with Gasteiger partial charge in [-0.1, -0.05) is 82.6 Å². The number of imidazole rings is 1. The maximum atomic E-state index is 11.5. The molecule has 1 aliphatic rings. The maximum absolute atomic E-state index is 11.5. The first-order valence-corrected chi connectivity index (χ1v) is 13.0. The van der Waals surface area contributed by atoms with Crippen LogP contribution in [0.1, 0.15) is 89.2 Å². The second-order valence-electron chi connectivity index (χ2n) is 10.0. The third-order valence-corrected chi connectivity index (χ3v) is 6.84. The minimum Gasteiger partial charge on any atom is -0.372 e. The molecular weight excluding hydrogens is 442 g/mol. The number of fused-ring (bicyclic) bond motifs is 2. The molecule has 4 heteroatoms. The largest absolute Gasteiger partial charge is 0.372 e. The van der Waals surface area contributed by atoms with E-state index in [1.165, 1.54) is 35.1 Å². The molecule has 0 saturated carbocycles. The summed E-state index contributed by atoms with van der Waals surface area (Å²) in [6, 6.07) is 21.0. The first-order valence-electron chi connectivity index (χ1n) is 13.0. The molecule has 36 heavy (non-hydrogen) atoms. The van der Waals surface area contributed by atoms with Gasteiger partial charge in [0.2, 0.25) is 0 Å². The molecule has 2 unspecified atom stereocenters. The minimum atomic E-state index is -1.15. The summed E-state index contributed by atoms with van der Waals surface area (Å²) >= 11 is 0. The fraction of sp³-hybridized carbons (Fsp3) is 0.406. The maximum Gasteiger partial charge on any atom is 0.139 e. The van der Waals surface area contributed by atoms with Gasteiger partial charge in [-0.2, -0.15) is 0 Å². The third-order valence-electron chi connectivity index (χ3n) is 6.84. The highest BCUT2D eigenvalue weighted by Gasteiger charge is 2.29. The van der Waals surface area contributed by atoms with Crippen molar-refractivity contribution in [3.05, 3.63) is 88.5 Å². The Bertz CT molecular complexity index is 1270. The fourth-order valence-electron chi connectivity index (χ4n) is 5.11. The zero-order valence-corrected chi connectivity index (χ0v) is 21.8. The zero-order chi connectivity index (χ0) is 25.0. The van der Waals surface area contributed by atoms with Crippen LogP contribution in [0.2, 0.25) is 0 Å². The van der Waals surface area contributed by atoms with Crippen LogP contribution in [-0.2, 0) is 12.1 Å². The van der Waals surface area contributed by atoms with Gasteiger partial charge in [0.1, 0.15) is 11.5 Å². The smallest absolute Gasteiger partial charge is 0.139 e. The van der Waals surface area contributed by atoms with Gasteiger partial charge in [-0.3, -0.25) is 5.32 Å². The molecular formula is C32H45N3O. The Kier molecular flexibility index (Phi) is 9.10. The van der Waals surface area contributed by atoms with Crippen molar-refractivity contribution in [3.63, 3.8) is 0 Å². The molecule has 5 rings (SSSR count). The number of aromatic amines is 1. The molecule has 0 bridgehead atoms. The van der Waals surface area contributed by atoms with Crippen molar-refractivity contribution in [1.29, 1.82) is 0 Å². The fourth-order valence-corrected chi connectivity index (χ4v) is 5.11. The summed E-state index contributed by atoms with van der Waals surface area (Å²) < 4.78 is 0. The van der Waals surface area contributed by atoms with E-state index in [0.29, 0.717) is 0 Å². The lowest BCUT2D eigenvalue weighted by atomic mass is 9.96. The summed E-state index contributed by atoms with van der Waals surface area (Å²) in [5, 5.41) is 15.0. The lowest BCUT2D eigenvalue weighted by molar-refractivity contribution is 0.00608. The number of aryl methyl sites for hydroxylation is 3. The monoisotopic (exact) mass is 487 g/mol. The molecule has 2 atom stereocenters. The Labute approximate surface area is 218 Å². The van der Waals surface area contributed by atoms with E-state index >= 15 is 0 Å². The van der Waals surface area contributed by atoms with Crippen LogP contribution in [0.3, 0.4) is 0 Å². The Morgan fingerprint density at radius 3 is 2.44 bits per heavy atom. The number of hydrogen-bond donors (Lipinski definition) is 3. The predicted octanol–water partition coefficient (Wildman–Crippen LogP) is 8.37. The molecule has 3 aromatic carbocycles. The number of hydrogen-bond acceptors (Lipinski definition) is 3. The second kappa shape index (κ2) is 11.9. The Balaban J connectivity index is 0.000000919. The topological polar surface area (TPSA) is 60.9 Å². The van der Waals surface area contributed by atoms with Crippen LogP contribution in [-0.4, -0.2) is 15.1 Å². The van der Waals surface area contributed by atoms with E-state index in [1.807, 2.05) is 25.1 Å². The minimum absolute atomic E-state index is 0. The van der Waals surface area contributed by atoms with Crippen LogP contribution in [0.15, 0.2) is 60.7 Å².